The molecule has 1 saturated heterocycles. The molecular weight excluding hydrogens is 354 g/mol. The molecule has 116 valence electrons. The van der Waals surface area contributed by atoms with Gasteiger partial charge in [-0.15, -0.1) is 11.3 Å². The van der Waals surface area contributed by atoms with Crippen LogP contribution < -0.4 is 0 Å². The SMILES string of the molecule is O=C(O)CC1CCCCN1C(=O)CCCc1ccc(Br)s1. The monoisotopic (exact) mass is 373 g/mol. The Balaban J connectivity index is 1.81. The number of hydrogen-bond donors (Lipinski definition) is 1. The fourth-order valence-electron chi connectivity index (χ4n) is 2.79. The van der Waals surface area contributed by atoms with Crippen molar-refractivity contribution in [2.75, 3.05) is 6.54 Å². The molecule has 1 amide bonds. The average molecular weight is 374 g/mol. The van der Waals surface area contributed by atoms with Gasteiger partial charge in [0.1, 0.15) is 0 Å². The molecule has 1 N–H and O–H groups in total. The molecule has 0 aromatic carbocycles. The number of likely N-dealkylation sites (tertiary alicyclic amines) is 1. The van der Waals surface area contributed by atoms with Crippen molar-refractivity contribution in [2.45, 2.75) is 51.0 Å². The summed E-state index contributed by atoms with van der Waals surface area (Å²) in [6, 6.07) is 3.99. The van der Waals surface area contributed by atoms with Crippen molar-refractivity contribution in [2.24, 2.45) is 0 Å². The van der Waals surface area contributed by atoms with Gasteiger partial charge in [-0.05, 0) is 60.2 Å². The van der Waals surface area contributed by atoms with Gasteiger partial charge < -0.3 is 10.0 Å². The molecule has 1 aromatic rings. The van der Waals surface area contributed by atoms with Gasteiger partial charge in [0, 0.05) is 23.9 Å². The van der Waals surface area contributed by atoms with Gasteiger partial charge in [-0.1, -0.05) is 0 Å². The minimum atomic E-state index is -0.817. The second-order valence-electron chi connectivity index (χ2n) is 5.39. The lowest BCUT2D eigenvalue weighted by Gasteiger charge is -2.35. The first kappa shape index (κ1) is 16.5. The molecule has 1 unspecified atom stereocenters. The Morgan fingerprint density at radius 1 is 1.38 bits per heavy atom. The van der Waals surface area contributed by atoms with Crippen molar-refractivity contribution in [3.05, 3.63) is 20.8 Å². The third kappa shape index (κ3) is 5.11. The van der Waals surface area contributed by atoms with Gasteiger partial charge in [-0.3, -0.25) is 9.59 Å². The molecule has 4 nitrogen and oxygen atoms in total. The predicted octanol–water partition coefficient (Wildman–Crippen LogP) is 3.69. The zero-order chi connectivity index (χ0) is 15.2. The number of amides is 1. The van der Waals surface area contributed by atoms with Crippen LogP contribution in [0.5, 0.6) is 0 Å². The van der Waals surface area contributed by atoms with E-state index in [-0.39, 0.29) is 18.4 Å². The maximum atomic E-state index is 12.3. The average Bonchev–Trinajstić information content (AvgIpc) is 2.84. The molecule has 0 bridgehead atoms. The summed E-state index contributed by atoms with van der Waals surface area (Å²) < 4.78 is 1.11. The van der Waals surface area contributed by atoms with Crippen LogP contribution in [0.3, 0.4) is 0 Å². The predicted molar refractivity (Wildman–Crippen MR) is 86.6 cm³/mol. The normalized spacial score (nSPS) is 18.7. The number of thiophene rings is 1. The lowest BCUT2D eigenvalue weighted by Crippen LogP contribution is -2.44. The van der Waals surface area contributed by atoms with Gasteiger partial charge in [-0.25, -0.2) is 0 Å². The van der Waals surface area contributed by atoms with Crippen LogP contribution in [0.15, 0.2) is 15.9 Å². The van der Waals surface area contributed by atoms with Crippen LogP contribution in [0.4, 0.5) is 0 Å². The zero-order valence-electron chi connectivity index (χ0n) is 11.9. The quantitative estimate of drug-likeness (QED) is 0.826. The number of carbonyl (C=O) groups excluding carboxylic acids is 1. The number of aliphatic carboxylic acids is 1. The number of piperidine rings is 1. The second kappa shape index (κ2) is 7.94. The summed E-state index contributed by atoms with van der Waals surface area (Å²) in [5.41, 5.74) is 0. The zero-order valence-corrected chi connectivity index (χ0v) is 14.3. The molecule has 0 aliphatic carbocycles. The van der Waals surface area contributed by atoms with E-state index in [1.807, 2.05) is 6.07 Å². The molecule has 21 heavy (non-hydrogen) atoms. The third-order valence-corrected chi connectivity index (χ3v) is 5.48. The van der Waals surface area contributed by atoms with E-state index in [0.717, 1.165) is 35.9 Å². The molecule has 2 heterocycles. The molecule has 1 aliphatic heterocycles. The summed E-state index contributed by atoms with van der Waals surface area (Å²) in [6.45, 7) is 0.710. The molecule has 0 radical (unpaired) electrons. The summed E-state index contributed by atoms with van der Waals surface area (Å²) >= 11 is 5.13. The highest BCUT2D eigenvalue weighted by atomic mass is 79.9. The van der Waals surface area contributed by atoms with Crippen LogP contribution in [-0.2, 0) is 16.0 Å². The van der Waals surface area contributed by atoms with E-state index in [2.05, 4.69) is 22.0 Å². The Labute approximate surface area is 137 Å². The summed E-state index contributed by atoms with van der Waals surface area (Å²) in [5, 5.41) is 8.95. The number of hydrogen-bond acceptors (Lipinski definition) is 3. The molecular formula is C15H20BrNO3S. The topological polar surface area (TPSA) is 57.6 Å². The van der Waals surface area contributed by atoms with Gasteiger partial charge >= 0.3 is 5.97 Å². The fraction of sp³-hybridized carbons (Fsp3) is 0.600. The highest BCUT2D eigenvalue weighted by Gasteiger charge is 2.27. The molecule has 0 spiro atoms. The first-order chi connectivity index (χ1) is 10.1. The number of rotatable bonds is 6. The first-order valence-electron chi connectivity index (χ1n) is 7.31. The van der Waals surface area contributed by atoms with Crippen molar-refractivity contribution in [3.63, 3.8) is 0 Å². The van der Waals surface area contributed by atoms with E-state index >= 15 is 0 Å². The molecule has 1 aliphatic rings. The van der Waals surface area contributed by atoms with E-state index in [4.69, 9.17) is 5.11 Å². The maximum Gasteiger partial charge on any atom is 0.305 e. The van der Waals surface area contributed by atoms with Gasteiger partial charge in [0.15, 0.2) is 0 Å². The van der Waals surface area contributed by atoms with Crippen molar-refractivity contribution in [3.8, 4) is 0 Å². The Kier molecular flexibility index (Phi) is 6.23. The third-order valence-electron chi connectivity index (χ3n) is 3.80. The van der Waals surface area contributed by atoms with Gasteiger partial charge in [-0.2, -0.15) is 0 Å². The number of nitrogens with zero attached hydrogens (tertiary/aromatic N) is 1. The van der Waals surface area contributed by atoms with E-state index < -0.39 is 5.97 Å². The van der Waals surface area contributed by atoms with Crippen LogP contribution in [-0.4, -0.2) is 34.5 Å². The Bertz CT molecular complexity index is 503. The van der Waals surface area contributed by atoms with Gasteiger partial charge in [0.25, 0.3) is 0 Å². The van der Waals surface area contributed by atoms with Crippen LogP contribution in [0.1, 0.15) is 43.4 Å². The molecule has 1 fully saturated rings. The summed E-state index contributed by atoms with van der Waals surface area (Å²) in [4.78, 5) is 26.3. The summed E-state index contributed by atoms with van der Waals surface area (Å²) in [5.74, 6) is -0.709. The van der Waals surface area contributed by atoms with Crippen LogP contribution in [0, 0.1) is 0 Å². The fourth-order valence-corrected chi connectivity index (χ4v) is 4.31. The van der Waals surface area contributed by atoms with Crippen LogP contribution in [0.25, 0.3) is 0 Å². The van der Waals surface area contributed by atoms with E-state index in [1.54, 1.807) is 16.2 Å². The Morgan fingerprint density at radius 2 is 2.19 bits per heavy atom. The van der Waals surface area contributed by atoms with Crippen molar-refractivity contribution < 1.29 is 14.7 Å². The van der Waals surface area contributed by atoms with Gasteiger partial charge in [0.05, 0.1) is 10.2 Å². The second-order valence-corrected chi connectivity index (χ2v) is 7.94. The van der Waals surface area contributed by atoms with Crippen LogP contribution in [0.2, 0.25) is 0 Å². The molecule has 6 heteroatoms. The minimum Gasteiger partial charge on any atom is -0.481 e. The number of aryl methyl sites for hydroxylation is 1. The molecule has 1 atom stereocenters. The number of carboxylic acids is 1. The highest BCUT2D eigenvalue weighted by Crippen LogP contribution is 2.24. The lowest BCUT2D eigenvalue weighted by atomic mass is 9.98. The standard InChI is InChI=1S/C15H20BrNO3S/c16-13-8-7-12(21-13)5-3-6-14(18)17-9-2-1-4-11(17)10-15(19)20/h7-8,11H,1-6,9-10H2,(H,19,20). The van der Waals surface area contributed by atoms with E-state index in [9.17, 15) is 9.59 Å². The molecule has 2 rings (SSSR count). The highest BCUT2D eigenvalue weighted by molar-refractivity contribution is 9.11. The number of carbonyl (C=O) groups is 2. The minimum absolute atomic E-state index is 0.0730. The smallest absolute Gasteiger partial charge is 0.305 e. The number of carboxylic acid groups (broad SMARTS) is 1. The summed E-state index contributed by atoms with van der Waals surface area (Å²) in [6.07, 6.45) is 5.12. The Morgan fingerprint density at radius 3 is 2.86 bits per heavy atom. The van der Waals surface area contributed by atoms with Gasteiger partial charge in [0.2, 0.25) is 5.91 Å². The van der Waals surface area contributed by atoms with E-state index in [1.165, 1.54) is 4.88 Å². The van der Waals surface area contributed by atoms with Crippen molar-refractivity contribution in [1.29, 1.82) is 0 Å². The van der Waals surface area contributed by atoms with Crippen LogP contribution >= 0.6 is 27.3 Å². The largest absolute Gasteiger partial charge is 0.481 e. The molecule has 1 aromatic heterocycles. The maximum absolute atomic E-state index is 12.3. The summed E-state index contributed by atoms with van der Waals surface area (Å²) in [7, 11) is 0. The van der Waals surface area contributed by atoms with Crippen molar-refractivity contribution >= 4 is 39.1 Å². The Hall–Kier alpha value is -0.880. The molecule has 0 saturated carbocycles. The van der Waals surface area contributed by atoms with Crippen molar-refractivity contribution in [1.82, 2.24) is 4.90 Å². The van der Waals surface area contributed by atoms with E-state index in [0.29, 0.717) is 13.0 Å². The number of halogens is 1. The first-order valence-corrected chi connectivity index (χ1v) is 8.92. The lowest BCUT2D eigenvalue weighted by molar-refractivity contribution is -0.141.